The van der Waals surface area contributed by atoms with Crippen molar-refractivity contribution < 1.29 is 4.79 Å². The van der Waals surface area contributed by atoms with Gasteiger partial charge in [0.2, 0.25) is 0 Å². The number of hydrogen-bond acceptors (Lipinski definition) is 2. The molecule has 0 spiro atoms. The van der Waals surface area contributed by atoms with E-state index in [1.165, 1.54) is 0 Å². The zero-order chi connectivity index (χ0) is 12.3. The number of carbonyl (C=O) groups is 1. The number of nitrogens with zero attached hydrogens (tertiary/aromatic N) is 1. The fourth-order valence-electron chi connectivity index (χ4n) is 1.34. The molecule has 0 atom stereocenters. The van der Waals surface area contributed by atoms with Gasteiger partial charge in [0.25, 0.3) is 5.91 Å². The number of benzene rings is 1. The molecule has 1 aromatic carbocycles. The summed E-state index contributed by atoms with van der Waals surface area (Å²) >= 11 is 6.04. The van der Waals surface area contributed by atoms with Crippen LogP contribution in [0.5, 0.6) is 0 Å². The van der Waals surface area contributed by atoms with E-state index < -0.39 is 0 Å². The van der Waals surface area contributed by atoms with Gasteiger partial charge in [0, 0.05) is 25.7 Å². The molecule has 4 heteroatoms. The number of rotatable bonds is 3. The van der Waals surface area contributed by atoms with Crippen molar-refractivity contribution in [2.45, 2.75) is 19.9 Å². The van der Waals surface area contributed by atoms with E-state index in [-0.39, 0.29) is 11.9 Å². The number of nitrogens with one attached hydrogen (secondary N) is 1. The van der Waals surface area contributed by atoms with Gasteiger partial charge in [-0.1, -0.05) is 11.6 Å². The van der Waals surface area contributed by atoms with Crippen molar-refractivity contribution in [1.29, 1.82) is 0 Å². The maximum Gasteiger partial charge on any atom is 0.253 e. The maximum absolute atomic E-state index is 11.7. The van der Waals surface area contributed by atoms with E-state index >= 15 is 0 Å². The Morgan fingerprint density at radius 1 is 1.38 bits per heavy atom. The summed E-state index contributed by atoms with van der Waals surface area (Å²) in [6, 6.07) is 5.53. The van der Waals surface area contributed by atoms with E-state index in [9.17, 15) is 4.79 Å². The summed E-state index contributed by atoms with van der Waals surface area (Å²) in [5.41, 5.74) is 1.43. The molecular formula is C12H17ClN2O. The smallest absolute Gasteiger partial charge is 0.253 e. The summed E-state index contributed by atoms with van der Waals surface area (Å²) in [5.74, 6) is -0.0246. The number of amides is 1. The Kier molecular flexibility index (Phi) is 4.19. The first-order valence-corrected chi connectivity index (χ1v) is 5.57. The van der Waals surface area contributed by atoms with Gasteiger partial charge in [-0.15, -0.1) is 0 Å². The molecule has 0 heterocycles. The molecule has 0 aliphatic rings. The van der Waals surface area contributed by atoms with Gasteiger partial charge >= 0.3 is 0 Å². The third-order valence-corrected chi connectivity index (χ3v) is 2.39. The van der Waals surface area contributed by atoms with E-state index in [1.807, 2.05) is 13.8 Å². The first-order valence-electron chi connectivity index (χ1n) is 5.19. The monoisotopic (exact) mass is 240 g/mol. The molecule has 0 fully saturated rings. The van der Waals surface area contributed by atoms with Crippen LogP contribution in [0.2, 0.25) is 5.02 Å². The van der Waals surface area contributed by atoms with Crippen molar-refractivity contribution in [1.82, 2.24) is 4.90 Å². The van der Waals surface area contributed by atoms with Crippen LogP contribution in [0.3, 0.4) is 0 Å². The van der Waals surface area contributed by atoms with E-state index in [0.29, 0.717) is 10.6 Å². The summed E-state index contributed by atoms with van der Waals surface area (Å²) < 4.78 is 0. The minimum Gasteiger partial charge on any atom is -0.382 e. The van der Waals surface area contributed by atoms with Crippen LogP contribution in [0.25, 0.3) is 0 Å². The van der Waals surface area contributed by atoms with Crippen LogP contribution >= 0.6 is 11.6 Å². The van der Waals surface area contributed by atoms with Crippen molar-refractivity contribution in [2.75, 3.05) is 19.4 Å². The minimum absolute atomic E-state index is 0.0246. The van der Waals surface area contributed by atoms with Crippen LogP contribution in [0.1, 0.15) is 24.2 Å². The first kappa shape index (κ1) is 12.8. The molecular weight excluding hydrogens is 224 g/mol. The molecule has 0 aliphatic heterocycles. The lowest BCUT2D eigenvalue weighted by molar-refractivity contribution is 0.0827. The first-order chi connectivity index (χ1) is 7.41. The molecule has 1 amide bonds. The predicted molar refractivity (Wildman–Crippen MR) is 68.2 cm³/mol. The van der Waals surface area contributed by atoms with Crippen molar-refractivity contribution in [2.24, 2.45) is 0 Å². The molecule has 3 nitrogen and oxygen atoms in total. The van der Waals surface area contributed by atoms with Crippen molar-refractivity contribution in [3.05, 3.63) is 28.8 Å². The SMILES string of the molecule is CC(C)Nc1cc(C(=O)N(C)C)ccc1Cl. The van der Waals surface area contributed by atoms with Gasteiger partial charge in [0.15, 0.2) is 0 Å². The second-order valence-corrected chi connectivity index (χ2v) is 4.60. The van der Waals surface area contributed by atoms with Crippen LogP contribution in [0.4, 0.5) is 5.69 Å². The van der Waals surface area contributed by atoms with Crippen LogP contribution in [0.15, 0.2) is 18.2 Å². The molecule has 0 aromatic heterocycles. The summed E-state index contributed by atoms with van der Waals surface area (Å²) in [5, 5.41) is 3.83. The largest absolute Gasteiger partial charge is 0.382 e. The highest BCUT2D eigenvalue weighted by Crippen LogP contribution is 2.24. The van der Waals surface area contributed by atoms with E-state index in [2.05, 4.69) is 5.32 Å². The molecule has 1 aromatic rings. The molecule has 1 rings (SSSR count). The van der Waals surface area contributed by atoms with E-state index in [0.717, 1.165) is 5.69 Å². The topological polar surface area (TPSA) is 32.3 Å². The van der Waals surface area contributed by atoms with Gasteiger partial charge in [-0.05, 0) is 32.0 Å². The molecule has 0 aliphatic carbocycles. The minimum atomic E-state index is -0.0246. The van der Waals surface area contributed by atoms with Crippen LogP contribution < -0.4 is 5.32 Å². The van der Waals surface area contributed by atoms with E-state index in [1.54, 1.807) is 37.2 Å². The Balaban J connectivity index is 3.02. The van der Waals surface area contributed by atoms with Crippen molar-refractivity contribution in [3.8, 4) is 0 Å². The number of halogens is 1. The lowest BCUT2D eigenvalue weighted by Gasteiger charge is -2.15. The molecule has 16 heavy (non-hydrogen) atoms. The Hall–Kier alpha value is -1.22. The fourth-order valence-corrected chi connectivity index (χ4v) is 1.51. The highest BCUT2D eigenvalue weighted by molar-refractivity contribution is 6.33. The third kappa shape index (κ3) is 3.14. The zero-order valence-electron chi connectivity index (χ0n) is 10.0. The summed E-state index contributed by atoms with van der Waals surface area (Å²) in [6.45, 7) is 4.05. The Morgan fingerprint density at radius 3 is 2.50 bits per heavy atom. The van der Waals surface area contributed by atoms with Gasteiger partial charge in [0.05, 0.1) is 10.7 Å². The normalized spacial score (nSPS) is 10.4. The summed E-state index contributed by atoms with van der Waals surface area (Å²) in [6.07, 6.45) is 0. The average molecular weight is 241 g/mol. The average Bonchev–Trinajstić information content (AvgIpc) is 2.19. The van der Waals surface area contributed by atoms with Gasteiger partial charge in [-0.3, -0.25) is 4.79 Å². The lowest BCUT2D eigenvalue weighted by Crippen LogP contribution is -2.22. The van der Waals surface area contributed by atoms with Gasteiger partial charge in [-0.25, -0.2) is 0 Å². The van der Waals surface area contributed by atoms with Gasteiger partial charge in [0.1, 0.15) is 0 Å². The van der Waals surface area contributed by atoms with E-state index in [4.69, 9.17) is 11.6 Å². The molecule has 0 saturated carbocycles. The summed E-state index contributed by atoms with van der Waals surface area (Å²) in [7, 11) is 3.46. The van der Waals surface area contributed by atoms with Gasteiger partial charge < -0.3 is 10.2 Å². The molecule has 0 unspecified atom stereocenters. The van der Waals surface area contributed by atoms with Crippen molar-refractivity contribution >= 4 is 23.2 Å². The van der Waals surface area contributed by atoms with Gasteiger partial charge in [-0.2, -0.15) is 0 Å². The summed E-state index contributed by atoms with van der Waals surface area (Å²) in [4.78, 5) is 13.3. The quantitative estimate of drug-likeness (QED) is 0.881. The molecule has 1 N–H and O–H groups in total. The Morgan fingerprint density at radius 2 is 2.00 bits per heavy atom. The highest BCUT2D eigenvalue weighted by atomic mass is 35.5. The Labute approximate surface area is 101 Å². The highest BCUT2D eigenvalue weighted by Gasteiger charge is 2.10. The molecule has 88 valence electrons. The molecule has 0 radical (unpaired) electrons. The standard InChI is InChI=1S/C12H17ClN2O/c1-8(2)14-11-7-9(5-6-10(11)13)12(16)15(3)4/h5-8,14H,1-4H3. The van der Waals surface area contributed by atoms with Crippen LogP contribution in [-0.4, -0.2) is 30.9 Å². The Bertz CT molecular complexity index is 389. The second kappa shape index (κ2) is 5.21. The van der Waals surface area contributed by atoms with Crippen LogP contribution in [0, 0.1) is 0 Å². The third-order valence-electron chi connectivity index (χ3n) is 2.06. The van der Waals surface area contributed by atoms with Crippen LogP contribution in [-0.2, 0) is 0 Å². The fraction of sp³-hybridized carbons (Fsp3) is 0.417. The number of anilines is 1. The lowest BCUT2D eigenvalue weighted by atomic mass is 10.1. The van der Waals surface area contributed by atoms with Crippen molar-refractivity contribution in [3.63, 3.8) is 0 Å². The molecule has 0 saturated heterocycles. The number of hydrogen-bond donors (Lipinski definition) is 1. The number of carbonyl (C=O) groups excluding carboxylic acids is 1. The predicted octanol–water partition coefficient (Wildman–Crippen LogP) is 2.86. The second-order valence-electron chi connectivity index (χ2n) is 4.19. The molecule has 0 bridgehead atoms. The zero-order valence-corrected chi connectivity index (χ0v) is 10.8. The maximum atomic E-state index is 11.7.